The standard InChI is InChI=1S/C11H14N4S2/c1-7-8-3-5-16-9(8)2-4-15(7)6-10-13-14-11(12)17-10/h3,5,7H,2,4,6H2,1H3,(H2,12,14). The van der Waals surface area contributed by atoms with Crippen LogP contribution >= 0.6 is 22.7 Å². The topological polar surface area (TPSA) is 55.0 Å². The molecule has 0 spiro atoms. The zero-order valence-corrected chi connectivity index (χ0v) is 11.2. The highest BCUT2D eigenvalue weighted by Crippen LogP contribution is 2.33. The number of anilines is 1. The summed E-state index contributed by atoms with van der Waals surface area (Å²) in [6.45, 7) is 4.20. The van der Waals surface area contributed by atoms with Crippen LogP contribution in [-0.2, 0) is 13.0 Å². The molecule has 2 aromatic heterocycles. The third-order valence-electron chi connectivity index (χ3n) is 3.22. The Morgan fingerprint density at radius 1 is 1.53 bits per heavy atom. The zero-order valence-electron chi connectivity index (χ0n) is 9.59. The van der Waals surface area contributed by atoms with E-state index in [2.05, 4.69) is 33.5 Å². The summed E-state index contributed by atoms with van der Waals surface area (Å²) < 4.78 is 0. The predicted molar refractivity (Wildman–Crippen MR) is 71.2 cm³/mol. The van der Waals surface area contributed by atoms with Crippen LogP contribution in [0.1, 0.15) is 28.4 Å². The number of aromatic nitrogens is 2. The first kappa shape index (κ1) is 11.1. The molecule has 1 aliphatic heterocycles. The van der Waals surface area contributed by atoms with E-state index < -0.39 is 0 Å². The molecule has 4 nitrogen and oxygen atoms in total. The van der Waals surface area contributed by atoms with Gasteiger partial charge in [0, 0.05) is 17.5 Å². The largest absolute Gasteiger partial charge is 0.374 e. The molecule has 0 radical (unpaired) electrons. The molecule has 6 heteroatoms. The number of nitrogen functional groups attached to an aromatic ring is 1. The molecule has 0 aliphatic carbocycles. The lowest BCUT2D eigenvalue weighted by Crippen LogP contribution is -2.32. The second-order valence-corrected chi connectivity index (χ2v) is 6.32. The maximum Gasteiger partial charge on any atom is 0.203 e. The Morgan fingerprint density at radius 2 is 2.41 bits per heavy atom. The lowest BCUT2D eigenvalue weighted by molar-refractivity contribution is 0.191. The maximum atomic E-state index is 5.61. The van der Waals surface area contributed by atoms with Crippen LogP contribution in [0.3, 0.4) is 0 Å². The second-order valence-electron chi connectivity index (χ2n) is 4.23. The van der Waals surface area contributed by atoms with E-state index in [1.165, 1.54) is 21.8 Å². The maximum absolute atomic E-state index is 5.61. The minimum atomic E-state index is 0.468. The van der Waals surface area contributed by atoms with Crippen molar-refractivity contribution < 1.29 is 0 Å². The first-order chi connectivity index (χ1) is 8.24. The van der Waals surface area contributed by atoms with Gasteiger partial charge in [0.1, 0.15) is 5.01 Å². The molecular weight excluding hydrogens is 252 g/mol. The van der Waals surface area contributed by atoms with Gasteiger partial charge in [-0.3, -0.25) is 4.90 Å². The third kappa shape index (κ3) is 2.08. The Morgan fingerprint density at radius 3 is 3.18 bits per heavy atom. The molecule has 0 aromatic carbocycles. The van der Waals surface area contributed by atoms with Crippen LogP contribution in [0.25, 0.3) is 0 Å². The number of fused-ring (bicyclic) bond motifs is 1. The summed E-state index contributed by atoms with van der Waals surface area (Å²) in [5, 5.41) is 11.7. The Balaban J connectivity index is 1.78. The highest BCUT2D eigenvalue weighted by molar-refractivity contribution is 7.15. The van der Waals surface area contributed by atoms with Gasteiger partial charge in [-0.2, -0.15) is 0 Å². The van der Waals surface area contributed by atoms with E-state index in [0.717, 1.165) is 24.5 Å². The van der Waals surface area contributed by atoms with Crippen LogP contribution < -0.4 is 5.73 Å². The van der Waals surface area contributed by atoms with Crippen molar-refractivity contribution in [1.29, 1.82) is 0 Å². The fraction of sp³-hybridized carbons (Fsp3) is 0.455. The molecule has 2 aromatic rings. The molecule has 1 aliphatic rings. The lowest BCUT2D eigenvalue weighted by Gasteiger charge is -2.32. The average molecular weight is 266 g/mol. The first-order valence-electron chi connectivity index (χ1n) is 5.62. The van der Waals surface area contributed by atoms with Crippen molar-refractivity contribution in [2.45, 2.75) is 25.9 Å². The highest BCUT2D eigenvalue weighted by atomic mass is 32.1. The first-order valence-corrected chi connectivity index (χ1v) is 7.32. The van der Waals surface area contributed by atoms with Crippen molar-refractivity contribution in [2.75, 3.05) is 12.3 Å². The monoisotopic (exact) mass is 266 g/mol. The molecule has 2 N–H and O–H groups in total. The van der Waals surface area contributed by atoms with Crippen molar-refractivity contribution in [3.8, 4) is 0 Å². The molecule has 1 atom stereocenters. The van der Waals surface area contributed by atoms with Crippen LogP contribution in [0.2, 0.25) is 0 Å². The molecule has 3 heterocycles. The summed E-state index contributed by atoms with van der Waals surface area (Å²) in [7, 11) is 0. The Hall–Kier alpha value is -0.980. The summed E-state index contributed by atoms with van der Waals surface area (Å²) in [4.78, 5) is 3.97. The van der Waals surface area contributed by atoms with Crippen LogP contribution in [0.4, 0.5) is 5.13 Å². The molecule has 0 amide bonds. The van der Waals surface area contributed by atoms with Crippen molar-refractivity contribution >= 4 is 27.8 Å². The van der Waals surface area contributed by atoms with E-state index in [0.29, 0.717) is 11.2 Å². The molecule has 0 saturated carbocycles. The molecule has 0 saturated heterocycles. The molecule has 0 bridgehead atoms. The van der Waals surface area contributed by atoms with Gasteiger partial charge in [-0.15, -0.1) is 21.5 Å². The number of rotatable bonds is 2. The fourth-order valence-electron chi connectivity index (χ4n) is 2.28. The number of nitrogens with zero attached hydrogens (tertiary/aromatic N) is 3. The second kappa shape index (κ2) is 4.36. The van der Waals surface area contributed by atoms with Crippen molar-refractivity contribution in [3.05, 3.63) is 26.9 Å². The third-order valence-corrected chi connectivity index (χ3v) is 4.96. The smallest absolute Gasteiger partial charge is 0.203 e. The van der Waals surface area contributed by atoms with E-state index in [1.807, 2.05) is 11.3 Å². The van der Waals surface area contributed by atoms with Gasteiger partial charge in [-0.25, -0.2) is 0 Å². The normalized spacial score (nSPS) is 20.4. The summed E-state index contributed by atoms with van der Waals surface area (Å²) in [5.74, 6) is 0. The van der Waals surface area contributed by atoms with Crippen molar-refractivity contribution in [2.24, 2.45) is 0 Å². The van der Waals surface area contributed by atoms with Crippen LogP contribution in [-0.4, -0.2) is 21.6 Å². The number of thiophene rings is 1. The number of hydrogen-bond acceptors (Lipinski definition) is 6. The van der Waals surface area contributed by atoms with Gasteiger partial charge in [-0.1, -0.05) is 11.3 Å². The van der Waals surface area contributed by atoms with Gasteiger partial charge in [0.15, 0.2) is 0 Å². The van der Waals surface area contributed by atoms with Crippen molar-refractivity contribution in [3.63, 3.8) is 0 Å². The summed E-state index contributed by atoms with van der Waals surface area (Å²) in [5.41, 5.74) is 7.08. The number of nitrogens with two attached hydrogens (primary N) is 1. The summed E-state index contributed by atoms with van der Waals surface area (Å²) in [6.07, 6.45) is 1.14. The van der Waals surface area contributed by atoms with E-state index in [1.54, 1.807) is 0 Å². The SMILES string of the molecule is CC1c2ccsc2CCN1Cc1nnc(N)s1. The molecule has 90 valence electrons. The van der Waals surface area contributed by atoms with Gasteiger partial charge in [0.2, 0.25) is 5.13 Å². The van der Waals surface area contributed by atoms with Gasteiger partial charge in [0.05, 0.1) is 6.54 Å². The Bertz CT molecular complexity index is 519. The van der Waals surface area contributed by atoms with Crippen LogP contribution in [0.15, 0.2) is 11.4 Å². The molecular formula is C11H14N4S2. The molecule has 1 unspecified atom stereocenters. The van der Waals surface area contributed by atoms with Crippen LogP contribution in [0, 0.1) is 0 Å². The van der Waals surface area contributed by atoms with E-state index in [9.17, 15) is 0 Å². The van der Waals surface area contributed by atoms with Gasteiger partial charge >= 0.3 is 0 Å². The minimum absolute atomic E-state index is 0.468. The van der Waals surface area contributed by atoms with Crippen molar-refractivity contribution in [1.82, 2.24) is 15.1 Å². The van der Waals surface area contributed by atoms with Gasteiger partial charge < -0.3 is 5.73 Å². The Labute approximate surface area is 108 Å². The molecule has 3 rings (SSSR count). The summed E-state index contributed by atoms with van der Waals surface area (Å²) in [6, 6.07) is 2.71. The highest BCUT2D eigenvalue weighted by Gasteiger charge is 2.25. The van der Waals surface area contributed by atoms with E-state index in [4.69, 9.17) is 5.73 Å². The predicted octanol–water partition coefficient (Wildman–Crippen LogP) is 2.30. The van der Waals surface area contributed by atoms with E-state index in [-0.39, 0.29) is 0 Å². The molecule has 17 heavy (non-hydrogen) atoms. The van der Waals surface area contributed by atoms with Gasteiger partial charge in [-0.05, 0) is 30.4 Å². The zero-order chi connectivity index (χ0) is 11.8. The quantitative estimate of drug-likeness (QED) is 0.906. The van der Waals surface area contributed by atoms with Crippen LogP contribution in [0.5, 0.6) is 0 Å². The minimum Gasteiger partial charge on any atom is -0.374 e. The average Bonchev–Trinajstić information content (AvgIpc) is 2.92. The molecule has 0 fully saturated rings. The fourth-order valence-corrected chi connectivity index (χ4v) is 3.88. The lowest BCUT2D eigenvalue weighted by atomic mass is 10.0. The number of hydrogen-bond donors (Lipinski definition) is 1. The van der Waals surface area contributed by atoms with E-state index >= 15 is 0 Å². The van der Waals surface area contributed by atoms with Gasteiger partial charge in [0.25, 0.3) is 0 Å². The Kier molecular flexibility index (Phi) is 2.85. The summed E-state index contributed by atoms with van der Waals surface area (Å²) >= 11 is 3.35.